The molecule has 1 aliphatic rings. The average Bonchev–Trinajstić information content (AvgIpc) is 3.30. The first kappa shape index (κ1) is 21.4. The van der Waals surface area contributed by atoms with Crippen molar-refractivity contribution in [2.24, 2.45) is 0 Å². The Balaban J connectivity index is 1.31. The van der Waals surface area contributed by atoms with Gasteiger partial charge in [-0.3, -0.25) is 4.79 Å². The summed E-state index contributed by atoms with van der Waals surface area (Å²) >= 11 is 0. The van der Waals surface area contributed by atoms with E-state index in [0.717, 1.165) is 46.4 Å². The van der Waals surface area contributed by atoms with Crippen LogP contribution in [0.5, 0.6) is 0 Å². The molecule has 4 heteroatoms. The van der Waals surface area contributed by atoms with Gasteiger partial charge in [-0.05, 0) is 79.2 Å². The van der Waals surface area contributed by atoms with Crippen LogP contribution in [0.2, 0.25) is 0 Å². The molecule has 0 aliphatic carbocycles. The molecule has 1 amide bonds. The minimum Gasteiger partial charge on any atom is -0.326 e. The molecule has 0 saturated carbocycles. The molecule has 0 fully saturated rings. The van der Waals surface area contributed by atoms with E-state index < -0.39 is 0 Å². The summed E-state index contributed by atoms with van der Waals surface area (Å²) in [5, 5.41) is 3.41. The molecule has 0 N–H and O–H groups in total. The molecule has 0 radical (unpaired) electrons. The predicted molar refractivity (Wildman–Crippen MR) is 145 cm³/mol. The van der Waals surface area contributed by atoms with E-state index in [9.17, 15) is 4.79 Å². The topological polar surface area (TPSA) is 36.4 Å². The van der Waals surface area contributed by atoms with Gasteiger partial charge in [-0.25, -0.2) is 4.98 Å². The van der Waals surface area contributed by atoms with Gasteiger partial charge < -0.3 is 9.80 Å². The largest absolute Gasteiger partial charge is 0.326 e. The van der Waals surface area contributed by atoms with E-state index in [1.807, 2.05) is 60.4 Å². The quantitative estimate of drug-likeness (QED) is 0.290. The van der Waals surface area contributed by atoms with Crippen LogP contribution in [-0.2, 0) is 6.42 Å². The van der Waals surface area contributed by atoms with E-state index >= 15 is 0 Å². The zero-order chi connectivity index (χ0) is 23.9. The van der Waals surface area contributed by atoms with Crippen molar-refractivity contribution in [2.75, 3.05) is 22.9 Å². The van der Waals surface area contributed by atoms with E-state index in [0.29, 0.717) is 12.1 Å². The number of carbonyl (C=O) groups excluding carboxylic acids is 1. The van der Waals surface area contributed by atoms with Crippen LogP contribution in [0.3, 0.4) is 0 Å². The van der Waals surface area contributed by atoms with Crippen LogP contribution >= 0.6 is 0 Å². The Kier molecular flexibility index (Phi) is 5.22. The summed E-state index contributed by atoms with van der Waals surface area (Å²) in [6.45, 7) is 5.61. The zero-order valence-electron chi connectivity index (χ0n) is 20.0. The van der Waals surface area contributed by atoms with E-state index in [1.165, 1.54) is 16.5 Å². The van der Waals surface area contributed by atoms with E-state index in [2.05, 4.69) is 54.3 Å². The fraction of sp³-hybridized carbons (Fsp3) is 0.161. The highest BCUT2D eigenvalue weighted by Gasteiger charge is 2.24. The predicted octanol–water partition coefficient (Wildman–Crippen LogP) is 7.06. The molecule has 0 saturated heterocycles. The highest BCUT2D eigenvalue weighted by atomic mass is 16.2. The number of anilines is 3. The number of hydrogen-bond acceptors (Lipinski definition) is 3. The molecule has 0 unspecified atom stereocenters. The smallest absolute Gasteiger partial charge is 0.258 e. The maximum absolute atomic E-state index is 13.5. The van der Waals surface area contributed by atoms with Gasteiger partial charge in [0, 0.05) is 35.1 Å². The molecule has 4 aromatic carbocycles. The summed E-state index contributed by atoms with van der Waals surface area (Å²) in [6, 6.07) is 31.0. The second-order valence-corrected chi connectivity index (χ2v) is 9.16. The fourth-order valence-corrected chi connectivity index (χ4v) is 5.12. The lowest BCUT2D eigenvalue weighted by atomic mass is 10.1. The first-order valence-electron chi connectivity index (χ1n) is 12.2. The maximum Gasteiger partial charge on any atom is 0.258 e. The maximum atomic E-state index is 13.5. The number of aromatic nitrogens is 1. The molecule has 6 rings (SSSR count). The number of carbonyl (C=O) groups is 1. The van der Waals surface area contributed by atoms with Gasteiger partial charge in [0.2, 0.25) is 0 Å². The van der Waals surface area contributed by atoms with Crippen molar-refractivity contribution < 1.29 is 4.79 Å². The lowest BCUT2D eigenvalue weighted by molar-refractivity contribution is 0.0988. The standard InChI is InChI=1S/C31H27N3O/c1-3-33(29-10-6-8-22-7-4-5-9-27(22)29)31(35)23-13-15-26(16-14-23)34-18-17-25-20-24-12-11-21(2)19-28(24)32-30(25)34/h4-16,19-20H,3,17-18H2,1-2H3. The lowest BCUT2D eigenvalue weighted by Gasteiger charge is -2.24. The van der Waals surface area contributed by atoms with Crippen LogP contribution in [0, 0.1) is 6.92 Å². The summed E-state index contributed by atoms with van der Waals surface area (Å²) in [4.78, 5) is 22.6. The molecular formula is C31H27N3O. The molecule has 5 aromatic rings. The van der Waals surface area contributed by atoms with Crippen LogP contribution in [0.1, 0.15) is 28.4 Å². The fourth-order valence-electron chi connectivity index (χ4n) is 5.12. The van der Waals surface area contributed by atoms with Crippen LogP contribution in [-0.4, -0.2) is 24.0 Å². The molecule has 35 heavy (non-hydrogen) atoms. The minimum absolute atomic E-state index is 0.0109. The minimum atomic E-state index is 0.0109. The number of aryl methyl sites for hydroxylation is 1. The van der Waals surface area contributed by atoms with E-state index in [4.69, 9.17) is 4.98 Å². The number of benzene rings is 4. The normalized spacial score (nSPS) is 12.8. The van der Waals surface area contributed by atoms with Gasteiger partial charge >= 0.3 is 0 Å². The first-order chi connectivity index (χ1) is 17.1. The monoisotopic (exact) mass is 457 g/mol. The second-order valence-electron chi connectivity index (χ2n) is 9.16. The first-order valence-corrected chi connectivity index (χ1v) is 12.2. The van der Waals surface area contributed by atoms with Crippen LogP contribution in [0.15, 0.2) is 91.0 Å². The van der Waals surface area contributed by atoms with Crippen molar-refractivity contribution in [3.63, 3.8) is 0 Å². The van der Waals surface area contributed by atoms with Gasteiger partial charge in [0.05, 0.1) is 11.2 Å². The van der Waals surface area contributed by atoms with Crippen LogP contribution in [0.25, 0.3) is 21.7 Å². The number of pyridine rings is 1. The number of fused-ring (bicyclic) bond motifs is 3. The van der Waals surface area contributed by atoms with Gasteiger partial charge in [0.25, 0.3) is 5.91 Å². The summed E-state index contributed by atoms with van der Waals surface area (Å²) in [5.41, 5.74) is 6.20. The number of nitrogens with zero attached hydrogens (tertiary/aromatic N) is 3. The summed E-state index contributed by atoms with van der Waals surface area (Å²) in [6.07, 6.45) is 0.970. The third kappa shape index (κ3) is 3.71. The van der Waals surface area contributed by atoms with Crippen LogP contribution < -0.4 is 9.80 Å². The Hall–Kier alpha value is -4.18. The van der Waals surface area contributed by atoms with Crippen molar-refractivity contribution in [1.82, 2.24) is 4.98 Å². The number of rotatable bonds is 4. The Morgan fingerprint density at radius 3 is 2.54 bits per heavy atom. The molecule has 1 aliphatic heterocycles. The Morgan fingerprint density at radius 1 is 0.914 bits per heavy atom. The molecule has 2 heterocycles. The van der Waals surface area contributed by atoms with Crippen molar-refractivity contribution in [3.05, 3.63) is 108 Å². The number of amides is 1. The van der Waals surface area contributed by atoms with E-state index in [-0.39, 0.29) is 5.91 Å². The van der Waals surface area contributed by atoms with Crippen molar-refractivity contribution >= 4 is 44.8 Å². The van der Waals surface area contributed by atoms with Gasteiger partial charge in [-0.15, -0.1) is 0 Å². The molecule has 0 spiro atoms. The molecule has 172 valence electrons. The van der Waals surface area contributed by atoms with Gasteiger partial charge in [-0.2, -0.15) is 0 Å². The van der Waals surface area contributed by atoms with Crippen LogP contribution in [0.4, 0.5) is 17.2 Å². The van der Waals surface area contributed by atoms with Crippen molar-refractivity contribution in [3.8, 4) is 0 Å². The van der Waals surface area contributed by atoms with Crippen molar-refractivity contribution in [2.45, 2.75) is 20.3 Å². The van der Waals surface area contributed by atoms with E-state index in [1.54, 1.807) is 0 Å². The summed E-state index contributed by atoms with van der Waals surface area (Å²) in [7, 11) is 0. The third-order valence-corrected chi connectivity index (χ3v) is 6.93. The summed E-state index contributed by atoms with van der Waals surface area (Å²) < 4.78 is 0. The highest BCUT2D eigenvalue weighted by molar-refractivity contribution is 6.11. The third-order valence-electron chi connectivity index (χ3n) is 6.93. The SMILES string of the molecule is CCN(C(=O)c1ccc(N2CCc3cc4ccc(C)cc4nc32)cc1)c1cccc2ccccc12. The molecule has 1 aromatic heterocycles. The second kappa shape index (κ2) is 8.55. The number of hydrogen-bond donors (Lipinski definition) is 0. The Labute approximate surface area is 205 Å². The van der Waals surface area contributed by atoms with Gasteiger partial charge in [0.1, 0.15) is 5.82 Å². The summed E-state index contributed by atoms with van der Waals surface area (Å²) in [5.74, 6) is 1.03. The zero-order valence-corrected chi connectivity index (χ0v) is 20.0. The molecule has 0 bridgehead atoms. The van der Waals surface area contributed by atoms with Crippen molar-refractivity contribution in [1.29, 1.82) is 0 Å². The molecule has 4 nitrogen and oxygen atoms in total. The highest BCUT2D eigenvalue weighted by Crippen LogP contribution is 2.35. The average molecular weight is 458 g/mol. The molecule has 0 atom stereocenters. The Bertz CT molecular complexity index is 1570. The van der Waals surface area contributed by atoms with Gasteiger partial charge in [0.15, 0.2) is 0 Å². The lowest BCUT2D eigenvalue weighted by Crippen LogP contribution is -2.30. The Morgan fingerprint density at radius 2 is 1.71 bits per heavy atom. The van der Waals surface area contributed by atoms with Gasteiger partial charge in [-0.1, -0.05) is 48.5 Å². The molecular weight excluding hydrogens is 430 g/mol.